The van der Waals surface area contributed by atoms with E-state index in [-0.39, 0.29) is 5.78 Å². The molecule has 0 fully saturated rings. The number of carbonyl (C=O) groups excluding carboxylic acids is 2. The molecule has 2 aromatic rings. The van der Waals surface area contributed by atoms with Gasteiger partial charge in [-0.1, -0.05) is 0 Å². The Hall–Kier alpha value is -2.56. The molecule has 0 unspecified atom stereocenters. The first kappa shape index (κ1) is 13.9. The fourth-order valence-electron chi connectivity index (χ4n) is 2.24. The Kier molecular flexibility index (Phi) is 3.89. The Bertz CT molecular complexity index is 642. The van der Waals surface area contributed by atoms with E-state index in [9.17, 15) is 9.59 Å². The first-order valence-corrected chi connectivity index (χ1v) is 6.16. The predicted molar refractivity (Wildman–Crippen MR) is 77.2 cm³/mol. The summed E-state index contributed by atoms with van der Waals surface area (Å²) in [6, 6.07) is 7.38. The molecule has 1 heterocycles. The van der Waals surface area contributed by atoms with E-state index in [1.807, 2.05) is 24.3 Å². The summed E-state index contributed by atoms with van der Waals surface area (Å²) < 4.78 is 5.11. The van der Waals surface area contributed by atoms with Gasteiger partial charge in [-0.15, -0.1) is 0 Å². The molecule has 2 N–H and O–H groups in total. The summed E-state index contributed by atoms with van der Waals surface area (Å²) in [7, 11) is 1.60. The summed E-state index contributed by atoms with van der Waals surface area (Å²) >= 11 is 0. The number of ketones is 1. The van der Waals surface area contributed by atoms with Crippen molar-refractivity contribution in [2.75, 3.05) is 12.4 Å². The highest BCUT2D eigenvalue weighted by molar-refractivity contribution is 6.06. The number of Topliss-reactive ketones (excluding diaryl/α,β-unsaturated/α-hetero) is 1. The van der Waals surface area contributed by atoms with Gasteiger partial charge in [0.15, 0.2) is 5.78 Å². The summed E-state index contributed by atoms with van der Waals surface area (Å²) in [5.74, 6) is 0.650. The number of benzene rings is 1. The van der Waals surface area contributed by atoms with E-state index in [1.165, 1.54) is 6.92 Å². The van der Waals surface area contributed by atoms with Crippen molar-refractivity contribution in [3.05, 3.63) is 35.5 Å². The van der Waals surface area contributed by atoms with Crippen LogP contribution in [0.5, 0.6) is 5.75 Å². The molecular weight excluding hydrogens is 256 g/mol. The van der Waals surface area contributed by atoms with Crippen LogP contribution >= 0.6 is 0 Å². The van der Waals surface area contributed by atoms with Gasteiger partial charge < -0.3 is 15.0 Å². The van der Waals surface area contributed by atoms with Gasteiger partial charge in [0.25, 0.3) is 0 Å². The molecule has 5 nitrogen and oxygen atoms in total. The number of hydrogen-bond donors (Lipinski definition) is 2. The number of amides is 1. The summed E-state index contributed by atoms with van der Waals surface area (Å²) in [6.07, 6.45) is 0.572. The number of carbonyl (C=O) groups is 2. The Balaban J connectivity index is 2.57. The van der Waals surface area contributed by atoms with Crippen molar-refractivity contribution in [1.82, 2.24) is 4.98 Å². The Labute approximate surface area is 117 Å². The minimum Gasteiger partial charge on any atom is -0.497 e. The second kappa shape index (κ2) is 5.61. The molecule has 0 saturated carbocycles. The van der Waals surface area contributed by atoms with Gasteiger partial charge in [-0.3, -0.25) is 9.59 Å². The molecule has 104 valence electrons. The number of hydrogen-bond acceptors (Lipinski definition) is 3. The number of ether oxygens (including phenoxy) is 1. The highest BCUT2D eigenvalue weighted by Crippen LogP contribution is 2.33. The van der Waals surface area contributed by atoms with E-state index in [0.717, 1.165) is 17.0 Å². The molecule has 0 aliphatic carbocycles. The summed E-state index contributed by atoms with van der Waals surface area (Å²) in [5, 5.41) is 2.61. The van der Waals surface area contributed by atoms with Crippen LogP contribution < -0.4 is 10.1 Å². The lowest BCUT2D eigenvalue weighted by atomic mass is 10.1. The van der Waals surface area contributed by atoms with Crippen molar-refractivity contribution in [2.45, 2.75) is 13.8 Å². The van der Waals surface area contributed by atoms with Gasteiger partial charge >= 0.3 is 0 Å². The zero-order valence-corrected chi connectivity index (χ0v) is 11.6. The van der Waals surface area contributed by atoms with Crippen LogP contribution in [-0.2, 0) is 4.79 Å². The molecule has 1 aromatic carbocycles. The summed E-state index contributed by atoms with van der Waals surface area (Å²) in [6.45, 7) is 3.28. The first-order chi connectivity index (χ1) is 9.58. The SMILES string of the molecule is COc1ccc(-c2[nH]c(C)c(C(C)=O)c2NC=O)cc1. The van der Waals surface area contributed by atoms with Gasteiger partial charge in [0, 0.05) is 11.3 Å². The van der Waals surface area contributed by atoms with Crippen LogP contribution in [0, 0.1) is 6.92 Å². The third-order valence-electron chi connectivity index (χ3n) is 3.12. The zero-order chi connectivity index (χ0) is 14.7. The van der Waals surface area contributed by atoms with Crippen molar-refractivity contribution in [2.24, 2.45) is 0 Å². The first-order valence-electron chi connectivity index (χ1n) is 6.16. The standard InChI is InChI=1S/C15H16N2O3/c1-9-13(10(2)19)15(16-8-18)14(17-9)11-4-6-12(20-3)7-5-11/h4-8,17H,1-3H3,(H,16,18). The molecule has 5 heteroatoms. The van der Waals surface area contributed by atoms with Crippen LogP contribution in [0.1, 0.15) is 23.0 Å². The molecule has 0 saturated heterocycles. The lowest BCUT2D eigenvalue weighted by Crippen LogP contribution is -2.01. The normalized spacial score (nSPS) is 10.2. The van der Waals surface area contributed by atoms with E-state index < -0.39 is 0 Å². The van der Waals surface area contributed by atoms with Crippen LogP contribution in [-0.4, -0.2) is 24.3 Å². The minimum absolute atomic E-state index is 0.0946. The molecule has 1 aromatic heterocycles. The lowest BCUT2D eigenvalue weighted by Gasteiger charge is -2.06. The third-order valence-corrected chi connectivity index (χ3v) is 3.12. The molecule has 0 atom stereocenters. The molecule has 2 rings (SSSR count). The maximum atomic E-state index is 11.7. The number of H-pyrrole nitrogens is 1. The summed E-state index contributed by atoms with van der Waals surface area (Å²) in [4.78, 5) is 25.6. The van der Waals surface area contributed by atoms with Crippen molar-refractivity contribution in [3.8, 4) is 17.0 Å². The van der Waals surface area contributed by atoms with Crippen LogP contribution in [0.3, 0.4) is 0 Å². The largest absolute Gasteiger partial charge is 0.497 e. The monoisotopic (exact) mass is 272 g/mol. The van der Waals surface area contributed by atoms with E-state index in [0.29, 0.717) is 23.4 Å². The van der Waals surface area contributed by atoms with E-state index in [2.05, 4.69) is 10.3 Å². The quantitative estimate of drug-likeness (QED) is 0.649. The van der Waals surface area contributed by atoms with Gasteiger partial charge in [-0.2, -0.15) is 0 Å². The maximum absolute atomic E-state index is 11.7. The van der Waals surface area contributed by atoms with Crippen molar-refractivity contribution in [1.29, 1.82) is 0 Å². The molecule has 0 aliphatic rings. The molecule has 20 heavy (non-hydrogen) atoms. The van der Waals surface area contributed by atoms with Crippen molar-refractivity contribution < 1.29 is 14.3 Å². The van der Waals surface area contributed by atoms with E-state index in [1.54, 1.807) is 14.0 Å². The number of aromatic nitrogens is 1. The number of nitrogens with one attached hydrogen (secondary N) is 2. The topological polar surface area (TPSA) is 71.2 Å². The third kappa shape index (κ3) is 2.42. The molecule has 0 radical (unpaired) electrons. The Morgan fingerprint density at radius 3 is 2.45 bits per heavy atom. The van der Waals surface area contributed by atoms with Crippen LogP contribution in [0.2, 0.25) is 0 Å². The van der Waals surface area contributed by atoms with Crippen LogP contribution in [0.4, 0.5) is 5.69 Å². The van der Waals surface area contributed by atoms with Gasteiger partial charge in [0.05, 0.1) is 24.1 Å². The number of rotatable bonds is 5. The molecule has 0 aliphatic heterocycles. The number of methoxy groups -OCH3 is 1. The van der Waals surface area contributed by atoms with E-state index in [4.69, 9.17) is 4.74 Å². The van der Waals surface area contributed by atoms with Gasteiger partial charge in [0.2, 0.25) is 6.41 Å². The highest BCUT2D eigenvalue weighted by Gasteiger charge is 2.19. The van der Waals surface area contributed by atoms with Crippen LogP contribution in [0.15, 0.2) is 24.3 Å². The second-order valence-corrected chi connectivity index (χ2v) is 4.42. The molecule has 0 spiro atoms. The predicted octanol–water partition coefficient (Wildman–Crippen LogP) is 2.77. The maximum Gasteiger partial charge on any atom is 0.211 e. The molecular formula is C15H16N2O3. The van der Waals surface area contributed by atoms with E-state index >= 15 is 0 Å². The highest BCUT2D eigenvalue weighted by atomic mass is 16.5. The minimum atomic E-state index is -0.0946. The number of aryl methyl sites for hydroxylation is 1. The lowest BCUT2D eigenvalue weighted by molar-refractivity contribution is -0.105. The Morgan fingerprint density at radius 1 is 1.30 bits per heavy atom. The fraction of sp³-hybridized carbons (Fsp3) is 0.200. The average molecular weight is 272 g/mol. The van der Waals surface area contributed by atoms with Crippen molar-refractivity contribution >= 4 is 17.9 Å². The number of aromatic amines is 1. The molecule has 1 amide bonds. The number of anilines is 1. The van der Waals surface area contributed by atoms with Gasteiger partial charge in [-0.25, -0.2) is 0 Å². The zero-order valence-electron chi connectivity index (χ0n) is 11.6. The second-order valence-electron chi connectivity index (χ2n) is 4.42. The fourth-order valence-corrected chi connectivity index (χ4v) is 2.24. The van der Waals surface area contributed by atoms with Gasteiger partial charge in [0.1, 0.15) is 5.75 Å². The summed E-state index contributed by atoms with van der Waals surface area (Å²) in [5.41, 5.74) is 3.32. The average Bonchev–Trinajstić information content (AvgIpc) is 2.76. The molecule has 0 bridgehead atoms. The smallest absolute Gasteiger partial charge is 0.211 e. The van der Waals surface area contributed by atoms with Crippen LogP contribution in [0.25, 0.3) is 11.3 Å². The van der Waals surface area contributed by atoms with Crippen molar-refractivity contribution in [3.63, 3.8) is 0 Å². The Morgan fingerprint density at radius 2 is 1.95 bits per heavy atom. The van der Waals surface area contributed by atoms with Gasteiger partial charge in [-0.05, 0) is 38.1 Å².